The number of likely N-dealkylation sites (N-methyl/N-ethyl adjacent to an activating group) is 1. The van der Waals surface area contributed by atoms with Crippen molar-refractivity contribution in [1.29, 1.82) is 0 Å². The van der Waals surface area contributed by atoms with Crippen LogP contribution in [-0.4, -0.2) is 65.3 Å². The Morgan fingerprint density at radius 1 is 1.18 bits per heavy atom. The van der Waals surface area contributed by atoms with Gasteiger partial charge in [-0.1, -0.05) is 30.3 Å². The topological polar surface area (TPSA) is 107 Å². The lowest BCUT2D eigenvalue weighted by Gasteiger charge is -2.31. The summed E-state index contributed by atoms with van der Waals surface area (Å²) < 4.78 is 0. The Hall–Kier alpha value is -2.90. The molecule has 1 aromatic rings. The maximum absolute atomic E-state index is 12.6. The molecule has 1 atom stereocenters. The highest BCUT2D eigenvalue weighted by Gasteiger charge is 2.28. The zero-order valence-electron chi connectivity index (χ0n) is 16.3. The molecule has 1 unspecified atom stereocenters. The van der Waals surface area contributed by atoms with Gasteiger partial charge in [0.1, 0.15) is 0 Å². The van der Waals surface area contributed by atoms with Gasteiger partial charge in [0.05, 0.1) is 24.9 Å². The number of hydrogen-bond acceptors (Lipinski definition) is 4. The van der Waals surface area contributed by atoms with Crippen LogP contribution in [-0.2, 0) is 19.2 Å². The van der Waals surface area contributed by atoms with Gasteiger partial charge in [0.2, 0.25) is 17.7 Å². The molecule has 3 amide bonds. The first kappa shape index (κ1) is 21.4. The Labute approximate surface area is 164 Å². The minimum absolute atomic E-state index is 0.0501. The molecule has 2 rings (SSSR count). The lowest BCUT2D eigenvalue weighted by atomic mass is 9.97. The number of hydrogen-bond donors (Lipinski definition) is 2. The van der Waals surface area contributed by atoms with Crippen molar-refractivity contribution in [2.24, 2.45) is 5.92 Å². The molecule has 0 aliphatic carbocycles. The second kappa shape index (κ2) is 9.87. The number of aliphatic carboxylic acids is 1. The molecule has 1 aliphatic heterocycles. The van der Waals surface area contributed by atoms with Crippen molar-refractivity contribution in [3.8, 4) is 0 Å². The van der Waals surface area contributed by atoms with Crippen molar-refractivity contribution in [3.63, 3.8) is 0 Å². The van der Waals surface area contributed by atoms with Gasteiger partial charge in [0, 0.05) is 27.1 Å². The Morgan fingerprint density at radius 2 is 1.79 bits per heavy atom. The van der Waals surface area contributed by atoms with E-state index >= 15 is 0 Å². The summed E-state index contributed by atoms with van der Waals surface area (Å²) in [4.78, 5) is 50.5. The number of benzene rings is 1. The number of carbonyl (C=O) groups is 4. The van der Waals surface area contributed by atoms with Crippen molar-refractivity contribution in [2.45, 2.75) is 32.2 Å². The number of nitrogens with zero attached hydrogens (tertiary/aromatic N) is 2. The normalized spacial score (nSPS) is 15.6. The molecule has 1 heterocycles. The van der Waals surface area contributed by atoms with E-state index in [-0.39, 0.29) is 30.7 Å². The van der Waals surface area contributed by atoms with E-state index in [1.807, 2.05) is 30.3 Å². The summed E-state index contributed by atoms with van der Waals surface area (Å²) in [6.07, 6.45) is 0.906. The zero-order valence-corrected chi connectivity index (χ0v) is 16.3. The first-order chi connectivity index (χ1) is 13.3. The average Bonchev–Trinajstić information content (AvgIpc) is 2.67. The lowest BCUT2D eigenvalue weighted by Crippen LogP contribution is -2.46. The van der Waals surface area contributed by atoms with Gasteiger partial charge < -0.3 is 20.2 Å². The zero-order chi connectivity index (χ0) is 20.7. The number of carboxylic acid groups (broad SMARTS) is 1. The number of rotatable bonds is 7. The maximum atomic E-state index is 12.6. The Bertz CT molecular complexity index is 714. The summed E-state index contributed by atoms with van der Waals surface area (Å²) in [7, 11) is 1.56. The van der Waals surface area contributed by atoms with E-state index in [4.69, 9.17) is 5.11 Å². The predicted octanol–water partition coefficient (Wildman–Crippen LogP) is 1.04. The van der Waals surface area contributed by atoms with Crippen LogP contribution in [0, 0.1) is 5.92 Å². The summed E-state index contributed by atoms with van der Waals surface area (Å²) in [6.45, 7) is 2.10. The molecule has 152 valence electrons. The number of nitrogens with one attached hydrogen (secondary N) is 1. The molecule has 28 heavy (non-hydrogen) atoms. The quantitative estimate of drug-likeness (QED) is 0.724. The molecule has 1 aliphatic rings. The van der Waals surface area contributed by atoms with E-state index in [9.17, 15) is 19.2 Å². The lowest BCUT2D eigenvalue weighted by molar-refractivity contribution is -0.146. The molecule has 0 saturated carbocycles. The van der Waals surface area contributed by atoms with Gasteiger partial charge in [-0.3, -0.25) is 19.2 Å². The second-order valence-electron chi connectivity index (χ2n) is 7.11. The van der Waals surface area contributed by atoms with Crippen LogP contribution >= 0.6 is 0 Å². The molecule has 2 N–H and O–H groups in total. The van der Waals surface area contributed by atoms with Gasteiger partial charge in [0.15, 0.2) is 0 Å². The van der Waals surface area contributed by atoms with E-state index < -0.39 is 17.9 Å². The molecular formula is C20H27N3O5. The predicted molar refractivity (Wildman–Crippen MR) is 102 cm³/mol. The number of likely N-dealkylation sites (tertiary alicyclic amines) is 1. The van der Waals surface area contributed by atoms with Crippen molar-refractivity contribution >= 4 is 23.7 Å². The smallest absolute Gasteiger partial charge is 0.306 e. The van der Waals surface area contributed by atoms with Gasteiger partial charge >= 0.3 is 5.97 Å². The number of carboxylic acids is 1. The first-order valence-corrected chi connectivity index (χ1v) is 9.34. The summed E-state index contributed by atoms with van der Waals surface area (Å²) in [6, 6.07) is 8.74. The van der Waals surface area contributed by atoms with Crippen LogP contribution in [0.3, 0.4) is 0 Å². The fraction of sp³-hybridized carbons (Fsp3) is 0.500. The molecule has 0 aromatic heterocycles. The van der Waals surface area contributed by atoms with Gasteiger partial charge in [-0.15, -0.1) is 0 Å². The van der Waals surface area contributed by atoms with Crippen LogP contribution in [0.15, 0.2) is 30.3 Å². The van der Waals surface area contributed by atoms with Gasteiger partial charge in [-0.2, -0.15) is 0 Å². The van der Waals surface area contributed by atoms with Crippen molar-refractivity contribution < 1.29 is 24.3 Å². The minimum atomic E-state index is -0.829. The second-order valence-corrected chi connectivity index (χ2v) is 7.11. The Balaban J connectivity index is 1.91. The van der Waals surface area contributed by atoms with Crippen LogP contribution in [0.25, 0.3) is 0 Å². The summed E-state index contributed by atoms with van der Waals surface area (Å²) >= 11 is 0. The SMILES string of the molecule is CC(=O)NC(CC(=O)N(C)CC(=O)N1CCC(C(=O)O)CC1)c1ccccc1. The Morgan fingerprint density at radius 3 is 2.32 bits per heavy atom. The van der Waals surface area contributed by atoms with Gasteiger partial charge in [-0.05, 0) is 18.4 Å². The van der Waals surface area contributed by atoms with Crippen LogP contribution in [0.1, 0.15) is 37.8 Å². The van der Waals surface area contributed by atoms with Crippen LogP contribution in [0.2, 0.25) is 0 Å². The molecule has 8 heteroatoms. The maximum Gasteiger partial charge on any atom is 0.306 e. The van der Waals surface area contributed by atoms with Gasteiger partial charge in [0.25, 0.3) is 0 Å². The highest BCUT2D eigenvalue weighted by atomic mass is 16.4. The molecule has 0 spiro atoms. The highest BCUT2D eigenvalue weighted by Crippen LogP contribution is 2.19. The largest absolute Gasteiger partial charge is 0.481 e. The molecular weight excluding hydrogens is 362 g/mol. The number of amides is 3. The van der Waals surface area contributed by atoms with Crippen molar-refractivity contribution in [3.05, 3.63) is 35.9 Å². The number of carbonyl (C=O) groups excluding carboxylic acids is 3. The monoisotopic (exact) mass is 389 g/mol. The van der Waals surface area contributed by atoms with Crippen molar-refractivity contribution in [1.82, 2.24) is 15.1 Å². The Kier molecular flexibility index (Phi) is 7.54. The third-order valence-electron chi connectivity index (χ3n) is 4.95. The van der Waals surface area contributed by atoms with Crippen molar-refractivity contribution in [2.75, 3.05) is 26.7 Å². The van der Waals surface area contributed by atoms with Crippen LogP contribution < -0.4 is 5.32 Å². The van der Waals surface area contributed by atoms with Crippen LogP contribution in [0.5, 0.6) is 0 Å². The fourth-order valence-corrected chi connectivity index (χ4v) is 3.28. The first-order valence-electron chi connectivity index (χ1n) is 9.34. The number of piperidine rings is 1. The summed E-state index contributed by atoms with van der Waals surface area (Å²) in [5.41, 5.74) is 0.821. The fourth-order valence-electron chi connectivity index (χ4n) is 3.28. The standard InChI is InChI=1S/C20H27N3O5/c1-14(24)21-17(15-6-4-3-5-7-15)12-18(25)22(2)13-19(26)23-10-8-16(9-11-23)20(27)28/h3-7,16-17H,8-13H2,1-2H3,(H,21,24)(H,27,28). The molecule has 0 bridgehead atoms. The minimum Gasteiger partial charge on any atom is -0.481 e. The molecule has 8 nitrogen and oxygen atoms in total. The van der Waals surface area contributed by atoms with Crippen LogP contribution in [0.4, 0.5) is 0 Å². The van der Waals surface area contributed by atoms with E-state index in [1.54, 1.807) is 11.9 Å². The average molecular weight is 389 g/mol. The highest BCUT2D eigenvalue weighted by molar-refractivity contribution is 5.85. The molecule has 1 fully saturated rings. The third-order valence-corrected chi connectivity index (χ3v) is 4.95. The van der Waals surface area contributed by atoms with Gasteiger partial charge in [-0.25, -0.2) is 0 Å². The molecule has 1 aromatic carbocycles. The summed E-state index contributed by atoms with van der Waals surface area (Å²) in [5, 5.41) is 11.8. The molecule has 0 radical (unpaired) electrons. The van der Waals surface area contributed by atoms with E-state index in [0.717, 1.165) is 5.56 Å². The van der Waals surface area contributed by atoms with E-state index in [0.29, 0.717) is 25.9 Å². The van der Waals surface area contributed by atoms with E-state index in [2.05, 4.69) is 5.32 Å². The van der Waals surface area contributed by atoms with E-state index in [1.165, 1.54) is 11.8 Å². The summed E-state index contributed by atoms with van der Waals surface area (Å²) in [5.74, 6) is -1.93. The molecule has 1 saturated heterocycles. The third kappa shape index (κ3) is 6.07.